The van der Waals surface area contributed by atoms with Gasteiger partial charge in [-0.25, -0.2) is 9.97 Å². The number of aliphatic hydroxyl groups is 1. The SMILES string of the molecule is COCc1nc(Cl)cc(NCC2CCC(O)C2)n1. The number of aromatic nitrogens is 2. The standard InChI is InChI=1S/C12H18ClN3O2/c1-18-7-12-15-10(13)5-11(16-12)14-6-8-2-3-9(17)4-8/h5,8-9,17H,2-4,6-7H2,1H3,(H,14,15,16). The van der Waals surface area contributed by atoms with Gasteiger partial charge in [-0.15, -0.1) is 0 Å². The molecule has 18 heavy (non-hydrogen) atoms. The van der Waals surface area contributed by atoms with Crippen LogP contribution in [0.5, 0.6) is 0 Å². The molecule has 0 radical (unpaired) electrons. The zero-order valence-corrected chi connectivity index (χ0v) is 11.2. The molecule has 1 heterocycles. The summed E-state index contributed by atoms with van der Waals surface area (Å²) in [6.45, 7) is 1.15. The Labute approximate surface area is 112 Å². The zero-order valence-electron chi connectivity index (χ0n) is 10.4. The molecule has 0 spiro atoms. The second-order valence-electron chi connectivity index (χ2n) is 4.64. The van der Waals surface area contributed by atoms with Crippen molar-refractivity contribution in [2.24, 2.45) is 5.92 Å². The number of anilines is 1. The second-order valence-corrected chi connectivity index (χ2v) is 5.03. The molecule has 1 aliphatic rings. The van der Waals surface area contributed by atoms with Crippen molar-refractivity contribution in [1.82, 2.24) is 9.97 Å². The maximum atomic E-state index is 9.46. The van der Waals surface area contributed by atoms with Gasteiger partial charge in [0.2, 0.25) is 0 Å². The molecule has 2 unspecified atom stereocenters. The molecular weight excluding hydrogens is 254 g/mol. The Kier molecular flexibility index (Phi) is 4.74. The van der Waals surface area contributed by atoms with Crippen molar-refractivity contribution in [3.05, 3.63) is 17.0 Å². The lowest BCUT2D eigenvalue weighted by atomic mass is 10.1. The number of halogens is 1. The average molecular weight is 272 g/mol. The predicted octanol–water partition coefficient (Wildman–Crippen LogP) is 1.85. The molecule has 5 nitrogen and oxygen atoms in total. The van der Waals surface area contributed by atoms with Crippen molar-refractivity contribution in [1.29, 1.82) is 0 Å². The van der Waals surface area contributed by atoms with Gasteiger partial charge in [0.1, 0.15) is 17.6 Å². The molecule has 1 aromatic heterocycles. The molecule has 2 rings (SSSR count). The first kappa shape index (κ1) is 13.5. The van der Waals surface area contributed by atoms with Crippen LogP contribution in [0.2, 0.25) is 5.15 Å². The number of nitrogens with zero attached hydrogens (tertiary/aromatic N) is 2. The van der Waals surface area contributed by atoms with Crippen LogP contribution in [0.25, 0.3) is 0 Å². The van der Waals surface area contributed by atoms with Gasteiger partial charge in [0.15, 0.2) is 5.82 Å². The maximum Gasteiger partial charge on any atom is 0.158 e. The van der Waals surface area contributed by atoms with Crippen molar-refractivity contribution in [3.8, 4) is 0 Å². The first-order chi connectivity index (χ1) is 8.67. The number of rotatable bonds is 5. The molecule has 6 heteroatoms. The molecule has 1 fully saturated rings. The minimum atomic E-state index is -0.144. The van der Waals surface area contributed by atoms with E-state index in [0.29, 0.717) is 29.3 Å². The summed E-state index contributed by atoms with van der Waals surface area (Å²) in [7, 11) is 1.59. The summed E-state index contributed by atoms with van der Waals surface area (Å²) < 4.78 is 4.99. The lowest BCUT2D eigenvalue weighted by Crippen LogP contribution is -2.14. The molecule has 1 aromatic rings. The van der Waals surface area contributed by atoms with Gasteiger partial charge >= 0.3 is 0 Å². The third-order valence-corrected chi connectivity index (χ3v) is 3.29. The van der Waals surface area contributed by atoms with Gasteiger partial charge in [0.25, 0.3) is 0 Å². The van der Waals surface area contributed by atoms with Crippen molar-refractivity contribution in [2.75, 3.05) is 19.0 Å². The van der Waals surface area contributed by atoms with Crippen molar-refractivity contribution >= 4 is 17.4 Å². The molecule has 2 N–H and O–H groups in total. The van der Waals surface area contributed by atoms with Crippen LogP contribution in [0, 0.1) is 5.92 Å². The molecular formula is C12H18ClN3O2. The number of methoxy groups -OCH3 is 1. The van der Waals surface area contributed by atoms with E-state index in [1.54, 1.807) is 13.2 Å². The maximum absolute atomic E-state index is 9.46. The van der Waals surface area contributed by atoms with Crippen LogP contribution in [-0.2, 0) is 11.3 Å². The van der Waals surface area contributed by atoms with E-state index >= 15 is 0 Å². The number of hydrogen-bond donors (Lipinski definition) is 2. The summed E-state index contributed by atoms with van der Waals surface area (Å²) >= 11 is 5.92. The lowest BCUT2D eigenvalue weighted by molar-refractivity contribution is 0.177. The molecule has 100 valence electrons. The number of ether oxygens (including phenoxy) is 1. The summed E-state index contributed by atoms with van der Waals surface area (Å²) in [4.78, 5) is 8.37. The van der Waals surface area contributed by atoms with Crippen LogP contribution in [0.4, 0.5) is 5.82 Å². The van der Waals surface area contributed by atoms with Gasteiger partial charge in [-0.1, -0.05) is 11.6 Å². The summed E-state index contributed by atoms with van der Waals surface area (Å²) in [5, 5.41) is 13.1. The Bertz CT molecular complexity index is 403. The van der Waals surface area contributed by atoms with Crippen LogP contribution in [0.3, 0.4) is 0 Å². The Morgan fingerprint density at radius 1 is 1.50 bits per heavy atom. The van der Waals surface area contributed by atoms with E-state index in [2.05, 4.69) is 15.3 Å². The predicted molar refractivity (Wildman–Crippen MR) is 69.6 cm³/mol. The Morgan fingerprint density at radius 3 is 3.00 bits per heavy atom. The highest BCUT2D eigenvalue weighted by atomic mass is 35.5. The quantitative estimate of drug-likeness (QED) is 0.800. The summed E-state index contributed by atoms with van der Waals surface area (Å²) in [6, 6.07) is 1.70. The van der Waals surface area contributed by atoms with Gasteiger partial charge in [0.05, 0.1) is 6.10 Å². The second kappa shape index (κ2) is 6.31. The van der Waals surface area contributed by atoms with E-state index in [4.69, 9.17) is 16.3 Å². The van der Waals surface area contributed by atoms with Crippen molar-refractivity contribution in [3.63, 3.8) is 0 Å². The molecule has 1 aliphatic carbocycles. The summed E-state index contributed by atoms with van der Waals surface area (Å²) in [5.74, 6) is 1.78. The van der Waals surface area contributed by atoms with E-state index in [-0.39, 0.29) is 6.10 Å². The fourth-order valence-electron chi connectivity index (χ4n) is 2.23. The molecule has 1 saturated carbocycles. The summed E-state index contributed by atoms with van der Waals surface area (Å²) in [5.41, 5.74) is 0. The number of aliphatic hydroxyl groups excluding tert-OH is 1. The topological polar surface area (TPSA) is 67.3 Å². The van der Waals surface area contributed by atoms with Crippen LogP contribution in [-0.4, -0.2) is 34.8 Å². The number of hydrogen-bond acceptors (Lipinski definition) is 5. The minimum absolute atomic E-state index is 0.144. The first-order valence-corrected chi connectivity index (χ1v) is 6.49. The lowest BCUT2D eigenvalue weighted by Gasteiger charge is -2.12. The zero-order chi connectivity index (χ0) is 13.0. The van der Waals surface area contributed by atoms with Gasteiger partial charge in [0, 0.05) is 19.7 Å². The van der Waals surface area contributed by atoms with Crippen LogP contribution in [0.15, 0.2) is 6.07 Å². The Morgan fingerprint density at radius 2 is 2.33 bits per heavy atom. The third kappa shape index (κ3) is 3.80. The van der Waals surface area contributed by atoms with Gasteiger partial charge in [-0.05, 0) is 25.2 Å². The van der Waals surface area contributed by atoms with Crippen molar-refractivity contribution in [2.45, 2.75) is 32.0 Å². The Hall–Kier alpha value is -0.910. The third-order valence-electron chi connectivity index (χ3n) is 3.10. The van der Waals surface area contributed by atoms with E-state index in [9.17, 15) is 5.11 Å². The van der Waals surface area contributed by atoms with E-state index in [1.807, 2.05) is 0 Å². The molecule has 0 saturated heterocycles. The van der Waals surface area contributed by atoms with Crippen LogP contribution < -0.4 is 5.32 Å². The largest absolute Gasteiger partial charge is 0.393 e. The number of nitrogens with one attached hydrogen (secondary N) is 1. The minimum Gasteiger partial charge on any atom is -0.393 e. The van der Waals surface area contributed by atoms with Crippen LogP contribution in [0.1, 0.15) is 25.1 Å². The molecule has 0 amide bonds. The van der Waals surface area contributed by atoms with E-state index in [0.717, 1.165) is 25.8 Å². The molecule has 0 aliphatic heterocycles. The fraction of sp³-hybridized carbons (Fsp3) is 0.667. The Balaban J connectivity index is 1.92. The van der Waals surface area contributed by atoms with Gasteiger partial charge in [-0.3, -0.25) is 0 Å². The monoisotopic (exact) mass is 271 g/mol. The molecule has 0 bridgehead atoms. The van der Waals surface area contributed by atoms with Gasteiger partial charge < -0.3 is 15.2 Å². The van der Waals surface area contributed by atoms with E-state index < -0.39 is 0 Å². The normalized spacial score (nSPS) is 23.3. The highest BCUT2D eigenvalue weighted by molar-refractivity contribution is 6.29. The van der Waals surface area contributed by atoms with Gasteiger partial charge in [-0.2, -0.15) is 0 Å². The molecule has 2 atom stereocenters. The smallest absolute Gasteiger partial charge is 0.158 e. The highest BCUT2D eigenvalue weighted by Crippen LogP contribution is 2.25. The first-order valence-electron chi connectivity index (χ1n) is 6.11. The molecule has 0 aromatic carbocycles. The average Bonchev–Trinajstić information content (AvgIpc) is 2.72. The highest BCUT2D eigenvalue weighted by Gasteiger charge is 2.22. The fourth-order valence-corrected chi connectivity index (χ4v) is 2.43. The van der Waals surface area contributed by atoms with Crippen molar-refractivity contribution < 1.29 is 9.84 Å². The summed E-state index contributed by atoms with van der Waals surface area (Å²) in [6.07, 6.45) is 2.66. The van der Waals surface area contributed by atoms with Crippen LogP contribution >= 0.6 is 11.6 Å². The van der Waals surface area contributed by atoms with E-state index in [1.165, 1.54) is 0 Å².